The number of nitrogens with one attached hydrogen (secondary N) is 1. The molecule has 1 saturated heterocycles. The SMILES string of the molecule is O=C1OC(CNCc2ccccc2Br)CC1(F)F. The van der Waals surface area contributed by atoms with E-state index in [4.69, 9.17) is 0 Å². The van der Waals surface area contributed by atoms with Crippen LogP contribution in [0.15, 0.2) is 28.7 Å². The Balaban J connectivity index is 1.81. The summed E-state index contributed by atoms with van der Waals surface area (Å²) in [5.41, 5.74) is 1.02. The number of rotatable bonds is 4. The summed E-state index contributed by atoms with van der Waals surface area (Å²) < 4.78 is 31.3. The molecule has 1 aliphatic heterocycles. The maximum atomic E-state index is 12.9. The third-order valence-corrected chi connectivity index (χ3v) is 3.48. The first-order valence-electron chi connectivity index (χ1n) is 5.52. The molecule has 0 aromatic heterocycles. The molecule has 0 radical (unpaired) electrons. The lowest BCUT2D eigenvalue weighted by atomic mass is 10.2. The van der Waals surface area contributed by atoms with E-state index in [9.17, 15) is 13.6 Å². The molecule has 2 rings (SSSR count). The Labute approximate surface area is 112 Å². The van der Waals surface area contributed by atoms with Gasteiger partial charge in [-0.2, -0.15) is 8.78 Å². The maximum absolute atomic E-state index is 12.9. The van der Waals surface area contributed by atoms with E-state index in [0.29, 0.717) is 6.54 Å². The summed E-state index contributed by atoms with van der Waals surface area (Å²) in [6, 6.07) is 7.62. The van der Waals surface area contributed by atoms with Gasteiger partial charge in [0, 0.05) is 17.6 Å². The number of alkyl halides is 2. The lowest BCUT2D eigenvalue weighted by Crippen LogP contribution is -2.26. The summed E-state index contributed by atoms with van der Waals surface area (Å²) in [4.78, 5) is 10.8. The van der Waals surface area contributed by atoms with Crippen LogP contribution in [0.1, 0.15) is 12.0 Å². The Kier molecular flexibility index (Phi) is 3.97. The van der Waals surface area contributed by atoms with Crippen molar-refractivity contribution < 1.29 is 18.3 Å². The fourth-order valence-electron chi connectivity index (χ4n) is 1.77. The zero-order chi connectivity index (χ0) is 13.2. The summed E-state index contributed by atoms with van der Waals surface area (Å²) in [5.74, 6) is -4.75. The molecule has 6 heteroatoms. The molecular formula is C12H12BrF2NO2. The first-order chi connectivity index (χ1) is 8.49. The molecule has 3 nitrogen and oxygen atoms in total. The quantitative estimate of drug-likeness (QED) is 0.866. The third-order valence-electron chi connectivity index (χ3n) is 2.70. The number of cyclic esters (lactones) is 1. The largest absolute Gasteiger partial charge is 0.456 e. The summed E-state index contributed by atoms with van der Waals surface area (Å²) in [6.07, 6.45) is -1.30. The van der Waals surface area contributed by atoms with Gasteiger partial charge in [0.15, 0.2) is 0 Å². The van der Waals surface area contributed by atoms with Crippen molar-refractivity contribution in [3.05, 3.63) is 34.3 Å². The smallest absolute Gasteiger partial charge is 0.377 e. The van der Waals surface area contributed by atoms with Crippen LogP contribution in [0.2, 0.25) is 0 Å². The van der Waals surface area contributed by atoms with Crippen LogP contribution >= 0.6 is 15.9 Å². The number of carbonyl (C=O) groups is 1. The second-order valence-electron chi connectivity index (χ2n) is 4.16. The topological polar surface area (TPSA) is 38.3 Å². The molecule has 1 atom stereocenters. The van der Waals surface area contributed by atoms with Crippen LogP contribution in [0, 0.1) is 0 Å². The number of benzene rings is 1. The molecule has 0 amide bonds. The third kappa shape index (κ3) is 3.05. The monoisotopic (exact) mass is 319 g/mol. The van der Waals surface area contributed by atoms with Gasteiger partial charge in [-0.05, 0) is 11.6 Å². The molecular weight excluding hydrogens is 308 g/mol. The number of ether oxygens (including phenoxy) is 1. The predicted molar refractivity (Wildman–Crippen MR) is 65.3 cm³/mol. The molecule has 1 aliphatic rings. The van der Waals surface area contributed by atoms with E-state index in [-0.39, 0.29) is 6.54 Å². The van der Waals surface area contributed by atoms with E-state index in [0.717, 1.165) is 10.0 Å². The average Bonchev–Trinajstić information content (AvgIpc) is 2.55. The number of hydrogen-bond acceptors (Lipinski definition) is 3. The zero-order valence-corrected chi connectivity index (χ0v) is 11.0. The molecule has 1 heterocycles. The van der Waals surface area contributed by atoms with Gasteiger partial charge >= 0.3 is 11.9 Å². The van der Waals surface area contributed by atoms with Crippen LogP contribution in [0.4, 0.5) is 8.78 Å². The van der Waals surface area contributed by atoms with Crippen molar-refractivity contribution in [2.24, 2.45) is 0 Å². The highest BCUT2D eigenvalue weighted by Gasteiger charge is 2.50. The molecule has 1 aromatic rings. The highest BCUT2D eigenvalue weighted by molar-refractivity contribution is 9.10. The van der Waals surface area contributed by atoms with Crippen molar-refractivity contribution in [2.45, 2.75) is 25.0 Å². The summed E-state index contributed by atoms with van der Waals surface area (Å²) in [5, 5.41) is 3.00. The predicted octanol–water partition coefficient (Wildman–Crippen LogP) is 2.49. The fraction of sp³-hybridized carbons (Fsp3) is 0.417. The van der Waals surface area contributed by atoms with E-state index in [2.05, 4.69) is 26.0 Å². The Morgan fingerprint density at radius 3 is 2.78 bits per heavy atom. The van der Waals surface area contributed by atoms with Crippen molar-refractivity contribution in [1.82, 2.24) is 5.32 Å². The average molecular weight is 320 g/mol. The van der Waals surface area contributed by atoms with E-state index in [1.54, 1.807) is 0 Å². The van der Waals surface area contributed by atoms with Crippen molar-refractivity contribution in [3.8, 4) is 0 Å². The fourth-order valence-corrected chi connectivity index (χ4v) is 2.20. The Morgan fingerprint density at radius 1 is 1.44 bits per heavy atom. The van der Waals surface area contributed by atoms with Gasteiger partial charge in [0.05, 0.1) is 6.42 Å². The number of esters is 1. The van der Waals surface area contributed by atoms with Gasteiger partial charge < -0.3 is 10.1 Å². The molecule has 1 fully saturated rings. The van der Waals surface area contributed by atoms with Gasteiger partial charge in [0.1, 0.15) is 6.10 Å². The first kappa shape index (κ1) is 13.4. The molecule has 0 bridgehead atoms. The van der Waals surface area contributed by atoms with Gasteiger partial charge in [0.2, 0.25) is 0 Å². The van der Waals surface area contributed by atoms with Crippen LogP contribution in [-0.4, -0.2) is 24.5 Å². The van der Waals surface area contributed by atoms with Gasteiger partial charge in [-0.25, -0.2) is 4.79 Å². The van der Waals surface area contributed by atoms with Crippen molar-refractivity contribution in [1.29, 1.82) is 0 Å². The van der Waals surface area contributed by atoms with Crippen molar-refractivity contribution >= 4 is 21.9 Å². The maximum Gasteiger partial charge on any atom is 0.377 e. The van der Waals surface area contributed by atoms with Gasteiger partial charge in [-0.1, -0.05) is 34.1 Å². The van der Waals surface area contributed by atoms with Crippen LogP contribution in [0.5, 0.6) is 0 Å². The number of carbonyl (C=O) groups excluding carboxylic acids is 1. The minimum absolute atomic E-state index is 0.225. The minimum atomic E-state index is -3.33. The molecule has 1 aromatic carbocycles. The number of hydrogen-bond donors (Lipinski definition) is 1. The summed E-state index contributed by atoms with van der Waals surface area (Å²) >= 11 is 3.39. The van der Waals surface area contributed by atoms with Crippen LogP contribution < -0.4 is 5.32 Å². The van der Waals surface area contributed by atoms with Crippen LogP contribution in [0.25, 0.3) is 0 Å². The lowest BCUT2D eigenvalue weighted by Gasteiger charge is -2.10. The zero-order valence-electron chi connectivity index (χ0n) is 9.46. The highest BCUT2D eigenvalue weighted by Crippen LogP contribution is 2.30. The Morgan fingerprint density at radius 2 is 2.17 bits per heavy atom. The second-order valence-corrected chi connectivity index (χ2v) is 5.01. The second kappa shape index (κ2) is 5.32. The van der Waals surface area contributed by atoms with Crippen LogP contribution in [0.3, 0.4) is 0 Å². The van der Waals surface area contributed by atoms with E-state index < -0.39 is 24.4 Å². The van der Waals surface area contributed by atoms with Crippen molar-refractivity contribution in [2.75, 3.05) is 6.54 Å². The number of halogens is 3. The van der Waals surface area contributed by atoms with E-state index in [1.165, 1.54) is 0 Å². The lowest BCUT2D eigenvalue weighted by molar-refractivity contribution is -0.159. The molecule has 0 spiro atoms. The van der Waals surface area contributed by atoms with E-state index in [1.807, 2.05) is 24.3 Å². The Hall–Kier alpha value is -1.01. The van der Waals surface area contributed by atoms with Gasteiger partial charge in [-0.3, -0.25) is 0 Å². The normalized spacial score (nSPS) is 21.9. The Bertz CT molecular complexity index is 453. The molecule has 0 aliphatic carbocycles. The van der Waals surface area contributed by atoms with Crippen LogP contribution in [-0.2, 0) is 16.1 Å². The highest BCUT2D eigenvalue weighted by atomic mass is 79.9. The molecule has 1 N–H and O–H groups in total. The molecule has 98 valence electrons. The van der Waals surface area contributed by atoms with E-state index >= 15 is 0 Å². The molecule has 1 unspecified atom stereocenters. The molecule has 0 saturated carbocycles. The van der Waals surface area contributed by atoms with Crippen molar-refractivity contribution in [3.63, 3.8) is 0 Å². The van der Waals surface area contributed by atoms with Gasteiger partial charge in [-0.15, -0.1) is 0 Å². The molecule has 18 heavy (non-hydrogen) atoms. The van der Waals surface area contributed by atoms with Gasteiger partial charge in [0.25, 0.3) is 0 Å². The summed E-state index contributed by atoms with van der Waals surface area (Å²) in [6.45, 7) is 0.754. The standard InChI is InChI=1S/C12H12BrF2NO2/c13-10-4-2-1-3-8(10)6-16-7-9-5-12(14,15)11(17)18-9/h1-4,9,16H,5-7H2. The minimum Gasteiger partial charge on any atom is -0.456 e. The summed E-state index contributed by atoms with van der Waals surface area (Å²) in [7, 11) is 0. The first-order valence-corrected chi connectivity index (χ1v) is 6.31.